The molecule has 2 nitrogen and oxygen atoms in total. The molecule has 1 aromatic carbocycles. The second-order valence-electron chi connectivity index (χ2n) is 3.47. The molecule has 8 heteroatoms. The summed E-state index contributed by atoms with van der Waals surface area (Å²) in [7, 11) is 0. The maximum Gasteiger partial charge on any atom is 0.419 e. The minimum atomic E-state index is -4.64. The van der Waals surface area contributed by atoms with Gasteiger partial charge in [-0.05, 0) is 12.1 Å². The van der Waals surface area contributed by atoms with Crippen molar-refractivity contribution in [1.29, 1.82) is 0 Å². The first-order valence-corrected chi connectivity index (χ1v) is 6.09. The zero-order valence-electron chi connectivity index (χ0n) is 8.86. The average molecular weight is 323 g/mol. The van der Waals surface area contributed by atoms with Crippen LogP contribution in [0.1, 0.15) is 5.56 Å². The fourth-order valence-corrected chi connectivity index (χ4v) is 1.99. The van der Waals surface area contributed by atoms with Crippen molar-refractivity contribution >= 4 is 40.5 Å². The van der Waals surface area contributed by atoms with Crippen LogP contribution in [0, 0.1) is 0 Å². The number of aliphatic hydroxyl groups excluding tert-OH is 1. The van der Waals surface area contributed by atoms with E-state index in [2.05, 4.69) is 5.32 Å². The summed E-state index contributed by atoms with van der Waals surface area (Å²) < 4.78 is 38.1. The van der Waals surface area contributed by atoms with E-state index >= 15 is 0 Å². The molecule has 0 saturated carbocycles. The number of rotatable bonds is 4. The highest BCUT2D eigenvalue weighted by Gasteiger charge is 2.36. The molecule has 0 spiro atoms. The first-order chi connectivity index (χ1) is 8.27. The molecule has 0 bridgehead atoms. The lowest BCUT2D eigenvalue weighted by Gasteiger charge is -2.16. The predicted octanol–water partition coefficient (Wildman–Crippen LogP) is 4.02. The molecule has 0 saturated heterocycles. The van der Waals surface area contributed by atoms with Crippen molar-refractivity contribution in [2.24, 2.45) is 0 Å². The maximum atomic E-state index is 12.7. The van der Waals surface area contributed by atoms with E-state index in [9.17, 15) is 18.3 Å². The largest absolute Gasteiger partial charge is 0.419 e. The number of alkyl halides is 4. The molecule has 1 unspecified atom stereocenters. The summed E-state index contributed by atoms with van der Waals surface area (Å²) in [5.74, 6) is -0.0374. The third-order valence-electron chi connectivity index (χ3n) is 2.08. The Hall–Kier alpha value is -0.360. The Morgan fingerprint density at radius 3 is 2.39 bits per heavy atom. The van der Waals surface area contributed by atoms with Gasteiger partial charge in [-0.1, -0.05) is 23.2 Å². The minimum Gasteiger partial charge on any atom is -0.390 e. The van der Waals surface area contributed by atoms with Gasteiger partial charge in [0.25, 0.3) is 0 Å². The van der Waals surface area contributed by atoms with E-state index in [1.807, 2.05) is 0 Å². The van der Waals surface area contributed by atoms with Gasteiger partial charge in [-0.2, -0.15) is 13.2 Å². The van der Waals surface area contributed by atoms with Crippen molar-refractivity contribution in [3.63, 3.8) is 0 Å². The molecule has 1 atom stereocenters. The van der Waals surface area contributed by atoms with Gasteiger partial charge in [0.15, 0.2) is 0 Å². The third kappa shape index (κ3) is 3.82. The standard InChI is InChI=1S/C10H9Cl3F3NO/c11-3-5(18)4-17-7-2-1-6(12)8(9(7)13)10(14,15)16/h1-2,5,17-18H,3-4H2. The molecule has 1 rings (SSSR count). The van der Waals surface area contributed by atoms with Gasteiger partial charge < -0.3 is 10.4 Å². The van der Waals surface area contributed by atoms with Gasteiger partial charge in [-0.3, -0.25) is 0 Å². The molecular formula is C10H9Cl3F3NO. The van der Waals surface area contributed by atoms with Crippen molar-refractivity contribution in [3.8, 4) is 0 Å². The normalized spacial score (nSPS) is 13.5. The Bertz CT molecular complexity index is 426. The van der Waals surface area contributed by atoms with Gasteiger partial charge >= 0.3 is 6.18 Å². The molecule has 2 N–H and O–H groups in total. The summed E-state index contributed by atoms with van der Waals surface area (Å²) in [5, 5.41) is 10.8. The second-order valence-corrected chi connectivity index (χ2v) is 4.56. The molecule has 0 fully saturated rings. The Balaban J connectivity index is 3.02. The predicted molar refractivity (Wildman–Crippen MR) is 66.7 cm³/mol. The van der Waals surface area contributed by atoms with Crippen molar-refractivity contribution in [2.45, 2.75) is 12.3 Å². The van der Waals surface area contributed by atoms with E-state index < -0.39 is 27.9 Å². The van der Waals surface area contributed by atoms with Crippen LogP contribution in [0.15, 0.2) is 12.1 Å². The molecular weight excluding hydrogens is 313 g/mol. The highest BCUT2D eigenvalue weighted by molar-refractivity contribution is 6.37. The molecule has 0 radical (unpaired) electrons. The van der Waals surface area contributed by atoms with Gasteiger partial charge in [0, 0.05) is 6.54 Å². The molecule has 102 valence electrons. The minimum absolute atomic E-state index is 0.0118. The van der Waals surface area contributed by atoms with Gasteiger partial charge in [0.05, 0.1) is 33.3 Å². The van der Waals surface area contributed by atoms with E-state index in [-0.39, 0.29) is 18.1 Å². The number of anilines is 1. The van der Waals surface area contributed by atoms with Crippen LogP contribution in [0.3, 0.4) is 0 Å². The molecule has 0 heterocycles. The van der Waals surface area contributed by atoms with Crippen molar-refractivity contribution in [2.75, 3.05) is 17.7 Å². The summed E-state index contributed by atoms with van der Waals surface area (Å²) >= 11 is 16.5. The fraction of sp³-hybridized carbons (Fsp3) is 0.400. The van der Waals surface area contributed by atoms with E-state index in [4.69, 9.17) is 34.8 Å². The monoisotopic (exact) mass is 321 g/mol. The number of halogens is 6. The van der Waals surface area contributed by atoms with Crippen molar-refractivity contribution in [3.05, 3.63) is 27.7 Å². The van der Waals surface area contributed by atoms with Crippen LogP contribution in [0.2, 0.25) is 10.0 Å². The highest BCUT2D eigenvalue weighted by Crippen LogP contribution is 2.42. The Kier molecular flexibility index (Phi) is 5.40. The second kappa shape index (κ2) is 6.19. The van der Waals surface area contributed by atoms with E-state index in [1.54, 1.807) is 0 Å². The van der Waals surface area contributed by atoms with Crippen LogP contribution in [-0.2, 0) is 6.18 Å². The summed E-state index contributed by atoms with van der Waals surface area (Å²) in [6.45, 7) is -0.0118. The number of benzene rings is 1. The van der Waals surface area contributed by atoms with Crippen LogP contribution in [0.5, 0.6) is 0 Å². The Morgan fingerprint density at radius 1 is 1.28 bits per heavy atom. The average Bonchev–Trinajstić information content (AvgIpc) is 2.25. The van der Waals surface area contributed by atoms with E-state index in [0.717, 1.165) is 6.07 Å². The van der Waals surface area contributed by atoms with Gasteiger partial charge in [0.1, 0.15) is 0 Å². The summed E-state index contributed by atoms with van der Waals surface area (Å²) in [5.41, 5.74) is -1.06. The summed E-state index contributed by atoms with van der Waals surface area (Å²) in [6.07, 6.45) is -5.52. The number of aliphatic hydroxyl groups is 1. The molecule has 0 amide bonds. The van der Waals surface area contributed by atoms with Gasteiger partial charge in [-0.25, -0.2) is 0 Å². The summed E-state index contributed by atoms with van der Waals surface area (Å²) in [4.78, 5) is 0. The zero-order valence-corrected chi connectivity index (χ0v) is 11.1. The van der Waals surface area contributed by atoms with Crippen LogP contribution in [-0.4, -0.2) is 23.6 Å². The number of hydrogen-bond donors (Lipinski definition) is 2. The smallest absolute Gasteiger partial charge is 0.390 e. The van der Waals surface area contributed by atoms with E-state index in [0.29, 0.717) is 0 Å². The molecule has 0 aliphatic rings. The summed E-state index contributed by atoms with van der Waals surface area (Å²) in [6, 6.07) is 2.40. The Labute approximate surface area is 117 Å². The third-order valence-corrected chi connectivity index (χ3v) is 3.14. The van der Waals surface area contributed by atoms with Crippen LogP contribution in [0.25, 0.3) is 0 Å². The topological polar surface area (TPSA) is 32.3 Å². The van der Waals surface area contributed by atoms with Crippen LogP contribution in [0.4, 0.5) is 18.9 Å². The lowest BCUT2D eigenvalue weighted by molar-refractivity contribution is -0.137. The van der Waals surface area contributed by atoms with Gasteiger partial charge in [-0.15, -0.1) is 11.6 Å². The first-order valence-electron chi connectivity index (χ1n) is 4.80. The molecule has 1 aromatic rings. The number of nitrogens with one attached hydrogen (secondary N) is 1. The Morgan fingerprint density at radius 2 is 1.89 bits per heavy atom. The van der Waals surface area contributed by atoms with Gasteiger partial charge in [0.2, 0.25) is 0 Å². The fourth-order valence-electron chi connectivity index (χ4n) is 1.23. The lowest BCUT2D eigenvalue weighted by Crippen LogP contribution is -2.21. The molecule has 0 aliphatic carbocycles. The number of hydrogen-bond acceptors (Lipinski definition) is 2. The van der Waals surface area contributed by atoms with Crippen LogP contribution >= 0.6 is 34.8 Å². The SMILES string of the molecule is OC(CCl)CNc1ccc(Cl)c(C(F)(F)F)c1Cl. The maximum absolute atomic E-state index is 12.7. The van der Waals surface area contributed by atoms with Crippen molar-refractivity contribution in [1.82, 2.24) is 0 Å². The van der Waals surface area contributed by atoms with Crippen molar-refractivity contribution < 1.29 is 18.3 Å². The molecule has 18 heavy (non-hydrogen) atoms. The molecule has 0 aliphatic heterocycles. The molecule has 0 aromatic heterocycles. The first kappa shape index (κ1) is 15.7. The van der Waals surface area contributed by atoms with Crippen LogP contribution < -0.4 is 5.32 Å². The lowest BCUT2D eigenvalue weighted by atomic mass is 10.2. The van der Waals surface area contributed by atoms with E-state index in [1.165, 1.54) is 6.07 Å². The quantitative estimate of drug-likeness (QED) is 0.821. The highest BCUT2D eigenvalue weighted by atomic mass is 35.5. The zero-order chi connectivity index (χ0) is 13.9.